The van der Waals surface area contributed by atoms with Crippen molar-refractivity contribution in [2.75, 3.05) is 13.7 Å². The highest BCUT2D eigenvalue weighted by Gasteiger charge is 2.22. The molecule has 0 amide bonds. The molecule has 3 rings (SSSR count). The molecule has 0 bridgehead atoms. The predicted octanol–water partition coefficient (Wildman–Crippen LogP) is 4.49. The summed E-state index contributed by atoms with van der Waals surface area (Å²) in [6.45, 7) is 6.02. The fourth-order valence-corrected chi connectivity index (χ4v) is 3.25. The molecule has 27 heavy (non-hydrogen) atoms. The molecule has 0 aliphatic rings. The van der Waals surface area contributed by atoms with Crippen LogP contribution in [0.5, 0.6) is 5.75 Å². The number of aromatic amines is 1. The molecule has 0 unspecified atom stereocenters. The highest BCUT2D eigenvalue weighted by atomic mass is 32.1. The summed E-state index contributed by atoms with van der Waals surface area (Å²) >= 11 is 5.26. The Kier molecular flexibility index (Phi) is 6.08. The summed E-state index contributed by atoms with van der Waals surface area (Å²) in [7, 11) is 1.67. The normalized spacial score (nSPS) is 11.5. The molecular weight excluding hydrogens is 358 g/mol. The Hall–Kier alpha value is -2.44. The predicted molar refractivity (Wildman–Crippen MR) is 109 cm³/mol. The molecule has 0 aliphatic heterocycles. The maximum atomic E-state index is 5.91. The first-order valence-electron chi connectivity index (χ1n) is 8.94. The zero-order valence-corrected chi connectivity index (χ0v) is 16.8. The van der Waals surface area contributed by atoms with Crippen LogP contribution in [0.4, 0.5) is 0 Å². The highest BCUT2D eigenvalue weighted by molar-refractivity contribution is 7.71. The van der Waals surface area contributed by atoms with Gasteiger partial charge in [0, 0.05) is 12.5 Å². The molecule has 0 spiro atoms. The Morgan fingerprint density at radius 3 is 2.37 bits per heavy atom. The molecule has 0 saturated heterocycles. The Morgan fingerprint density at radius 1 is 1.04 bits per heavy atom. The maximum Gasteiger partial charge on any atom is 0.195 e. The summed E-state index contributed by atoms with van der Waals surface area (Å²) in [5.74, 6) is 1.56. The van der Waals surface area contributed by atoms with Gasteiger partial charge in [0.1, 0.15) is 12.4 Å². The second-order valence-electron chi connectivity index (χ2n) is 6.89. The molecule has 1 aromatic heterocycles. The van der Waals surface area contributed by atoms with E-state index in [4.69, 9.17) is 21.7 Å². The fourth-order valence-electron chi connectivity index (χ4n) is 3.01. The molecular formula is C21H25N3O2S. The number of rotatable bonds is 8. The van der Waals surface area contributed by atoms with Crippen molar-refractivity contribution in [2.24, 2.45) is 0 Å². The van der Waals surface area contributed by atoms with E-state index in [1.54, 1.807) is 7.11 Å². The van der Waals surface area contributed by atoms with Crippen molar-refractivity contribution in [3.63, 3.8) is 0 Å². The third-order valence-electron chi connectivity index (χ3n) is 4.80. The summed E-state index contributed by atoms with van der Waals surface area (Å²) in [5.41, 5.74) is 2.46. The Balaban J connectivity index is 1.69. The SMILES string of the molecule is COCCn1c(COc2ccc(C(C)(C)c3ccccc3)cc2)n[nH]c1=S. The second-order valence-corrected chi connectivity index (χ2v) is 7.28. The van der Waals surface area contributed by atoms with Crippen LogP contribution in [0.3, 0.4) is 0 Å². The number of hydrogen-bond acceptors (Lipinski definition) is 4. The third-order valence-corrected chi connectivity index (χ3v) is 5.11. The summed E-state index contributed by atoms with van der Waals surface area (Å²) in [6, 6.07) is 18.7. The van der Waals surface area contributed by atoms with Crippen LogP contribution in [0.15, 0.2) is 54.6 Å². The second kappa shape index (κ2) is 8.50. The van der Waals surface area contributed by atoms with Crippen LogP contribution in [0.1, 0.15) is 30.8 Å². The molecule has 0 fully saturated rings. The fraction of sp³-hybridized carbons (Fsp3) is 0.333. The molecule has 1 N–H and O–H groups in total. The molecule has 0 aliphatic carbocycles. The Labute approximate surface area is 165 Å². The van der Waals surface area contributed by atoms with E-state index in [1.165, 1.54) is 11.1 Å². The van der Waals surface area contributed by atoms with Gasteiger partial charge in [0.2, 0.25) is 0 Å². The first-order valence-corrected chi connectivity index (χ1v) is 9.35. The van der Waals surface area contributed by atoms with E-state index in [0.29, 0.717) is 24.5 Å². The van der Waals surface area contributed by atoms with Crippen molar-refractivity contribution in [2.45, 2.75) is 32.4 Å². The minimum Gasteiger partial charge on any atom is -0.486 e. The lowest BCUT2D eigenvalue weighted by Crippen LogP contribution is -2.18. The molecule has 2 aromatic carbocycles. The zero-order valence-electron chi connectivity index (χ0n) is 15.9. The van der Waals surface area contributed by atoms with Crippen molar-refractivity contribution in [3.8, 4) is 5.75 Å². The van der Waals surface area contributed by atoms with E-state index >= 15 is 0 Å². The van der Waals surface area contributed by atoms with E-state index in [9.17, 15) is 0 Å². The molecule has 0 atom stereocenters. The molecule has 6 heteroatoms. The summed E-state index contributed by atoms with van der Waals surface area (Å²) in [6.07, 6.45) is 0. The topological polar surface area (TPSA) is 52.1 Å². The monoisotopic (exact) mass is 383 g/mol. The number of H-pyrrole nitrogens is 1. The molecule has 5 nitrogen and oxygen atoms in total. The maximum absolute atomic E-state index is 5.91. The summed E-state index contributed by atoms with van der Waals surface area (Å²) in [4.78, 5) is 0. The quantitative estimate of drug-likeness (QED) is 0.582. The van der Waals surface area contributed by atoms with E-state index in [0.717, 1.165) is 11.6 Å². The van der Waals surface area contributed by atoms with Gasteiger partial charge >= 0.3 is 0 Å². The third kappa shape index (κ3) is 4.46. The average molecular weight is 384 g/mol. The Morgan fingerprint density at radius 2 is 1.70 bits per heavy atom. The zero-order chi connectivity index (χ0) is 19.3. The van der Waals surface area contributed by atoms with Crippen molar-refractivity contribution >= 4 is 12.2 Å². The molecule has 3 aromatic rings. The van der Waals surface area contributed by atoms with Gasteiger partial charge in [-0.15, -0.1) is 0 Å². The van der Waals surface area contributed by atoms with Gasteiger partial charge in [0.25, 0.3) is 0 Å². The molecule has 1 heterocycles. The van der Waals surface area contributed by atoms with Crippen LogP contribution in [0, 0.1) is 4.77 Å². The van der Waals surface area contributed by atoms with Crippen LogP contribution in [-0.2, 0) is 23.3 Å². The first-order chi connectivity index (χ1) is 13.0. The number of ether oxygens (including phenoxy) is 2. The van der Waals surface area contributed by atoms with E-state index < -0.39 is 0 Å². The minimum absolute atomic E-state index is 0.0671. The van der Waals surface area contributed by atoms with Gasteiger partial charge in [-0.25, -0.2) is 0 Å². The van der Waals surface area contributed by atoms with Gasteiger partial charge < -0.3 is 9.47 Å². The van der Waals surface area contributed by atoms with Crippen LogP contribution in [0.25, 0.3) is 0 Å². The van der Waals surface area contributed by atoms with E-state index in [2.05, 4.69) is 60.4 Å². The Bertz CT molecular complexity index is 915. The smallest absolute Gasteiger partial charge is 0.195 e. The lowest BCUT2D eigenvalue weighted by Gasteiger charge is -2.26. The summed E-state index contributed by atoms with van der Waals surface area (Å²) < 4.78 is 13.5. The average Bonchev–Trinajstić information content (AvgIpc) is 3.05. The van der Waals surface area contributed by atoms with Crippen LogP contribution >= 0.6 is 12.2 Å². The number of nitrogens with one attached hydrogen (secondary N) is 1. The number of benzene rings is 2. The van der Waals surface area contributed by atoms with Gasteiger partial charge in [0.15, 0.2) is 10.6 Å². The highest BCUT2D eigenvalue weighted by Crippen LogP contribution is 2.32. The van der Waals surface area contributed by atoms with Crippen LogP contribution < -0.4 is 4.74 Å². The van der Waals surface area contributed by atoms with Crippen LogP contribution in [-0.4, -0.2) is 28.5 Å². The van der Waals surface area contributed by atoms with Gasteiger partial charge in [-0.1, -0.05) is 56.3 Å². The number of nitrogens with zero attached hydrogens (tertiary/aromatic N) is 2. The van der Waals surface area contributed by atoms with Crippen molar-refractivity contribution < 1.29 is 9.47 Å². The van der Waals surface area contributed by atoms with Gasteiger partial charge in [-0.2, -0.15) is 5.10 Å². The number of hydrogen-bond donors (Lipinski definition) is 1. The van der Waals surface area contributed by atoms with E-state index in [1.807, 2.05) is 22.8 Å². The number of methoxy groups -OCH3 is 1. The van der Waals surface area contributed by atoms with Crippen molar-refractivity contribution in [1.82, 2.24) is 14.8 Å². The molecule has 0 radical (unpaired) electrons. The minimum atomic E-state index is -0.0671. The molecule has 0 saturated carbocycles. The number of aromatic nitrogens is 3. The van der Waals surface area contributed by atoms with Crippen LogP contribution in [0.2, 0.25) is 0 Å². The molecule has 142 valence electrons. The van der Waals surface area contributed by atoms with Crippen molar-refractivity contribution in [3.05, 3.63) is 76.3 Å². The first kappa shape index (κ1) is 19.3. The summed E-state index contributed by atoms with van der Waals surface area (Å²) in [5, 5.41) is 7.06. The van der Waals surface area contributed by atoms with Crippen molar-refractivity contribution in [1.29, 1.82) is 0 Å². The largest absolute Gasteiger partial charge is 0.486 e. The van der Waals surface area contributed by atoms with E-state index in [-0.39, 0.29) is 5.41 Å². The lowest BCUT2D eigenvalue weighted by atomic mass is 9.78. The van der Waals surface area contributed by atoms with Gasteiger partial charge in [-0.3, -0.25) is 9.67 Å². The van der Waals surface area contributed by atoms with Gasteiger partial charge in [0.05, 0.1) is 13.2 Å². The lowest BCUT2D eigenvalue weighted by molar-refractivity contribution is 0.183. The van der Waals surface area contributed by atoms with Gasteiger partial charge in [-0.05, 0) is 35.5 Å². The standard InChI is InChI=1S/C21H25N3O2S/c1-21(2,16-7-5-4-6-8-16)17-9-11-18(12-10-17)26-15-19-22-23-20(27)24(19)13-14-25-3/h4-12H,13-15H2,1-3H3,(H,23,27).